The molecule has 0 bridgehead atoms. The number of ether oxygens (including phenoxy) is 2. The molecular formula is C16H21NO3. The van der Waals surface area contributed by atoms with Gasteiger partial charge in [-0.05, 0) is 43.2 Å². The van der Waals surface area contributed by atoms with E-state index in [0.717, 1.165) is 12.1 Å². The maximum absolute atomic E-state index is 11.8. The Labute approximate surface area is 137 Å². The minimum Gasteiger partial charge on any atom is -0.493 e. The summed E-state index contributed by atoms with van der Waals surface area (Å²) in [4.78, 5) is 11.8. The Bertz CT molecular complexity index is 933. The Kier molecular flexibility index (Phi) is 1.41. The fraction of sp³-hybridized carbons (Fsp3) is 0.562. The Morgan fingerprint density at radius 3 is 2.90 bits per heavy atom. The van der Waals surface area contributed by atoms with Gasteiger partial charge < -0.3 is 14.8 Å². The number of amides is 1. The summed E-state index contributed by atoms with van der Waals surface area (Å²) >= 11 is 0. The van der Waals surface area contributed by atoms with Gasteiger partial charge in [-0.1, -0.05) is 6.07 Å². The highest BCUT2D eigenvalue weighted by Gasteiger charge is 2.25. The average Bonchev–Trinajstić information content (AvgIpc) is 2.94. The summed E-state index contributed by atoms with van der Waals surface area (Å²) in [5, 5.41) is 2.36. The number of carbonyl (C=O) groups is 1. The molecule has 0 aromatic heterocycles. The Balaban J connectivity index is 2.11. The van der Waals surface area contributed by atoms with Crippen molar-refractivity contribution >= 4 is 5.91 Å². The molecule has 1 saturated heterocycles. The summed E-state index contributed by atoms with van der Waals surface area (Å²) in [5.41, 5.74) is 0.122. The second-order valence-electron chi connectivity index (χ2n) is 4.25. The molecule has 1 aliphatic heterocycles. The van der Waals surface area contributed by atoms with Gasteiger partial charge in [-0.15, -0.1) is 0 Å². The van der Waals surface area contributed by atoms with Gasteiger partial charge >= 0.3 is 0 Å². The first-order valence-corrected chi connectivity index (χ1v) is 5.96. The van der Waals surface area contributed by atoms with Crippen LogP contribution >= 0.6 is 0 Å². The zero-order chi connectivity index (χ0) is 25.4. The highest BCUT2D eigenvalue weighted by molar-refractivity contribution is 5.79. The largest absolute Gasteiger partial charge is 0.493 e. The van der Waals surface area contributed by atoms with Gasteiger partial charge in [-0.2, -0.15) is 0 Å². The van der Waals surface area contributed by atoms with Crippen molar-refractivity contribution in [1.29, 1.82) is 0 Å². The molecule has 108 valence electrons. The third kappa shape index (κ3) is 2.74. The monoisotopic (exact) mass is 288 g/mol. The van der Waals surface area contributed by atoms with Crippen molar-refractivity contribution in [3.8, 4) is 11.5 Å². The molecule has 4 nitrogen and oxygen atoms in total. The van der Waals surface area contributed by atoms with Crippen LogP contribution in [0.15, 0.2) is 18.2 Å². The topological polar surface area (TPSA) is 47.6 Å². The van der Waals surface area contributed by atoms with E-state index in [0.29, 0.717) is 0 Å². The molecule has 1 aromatic carbocycles. The normalized spacial score (nSPS) is 45.7. The van der Waals surface area contributed by atoms with Gasteiger partial charge in [0.2, 0.25) is 5.91 Å². The predicted molar refractivity (Wildman–Crippen MR) is 76.2 cm³/mol. The lowest BCUT2D eigenvalue weighted by Gasteiger charge is -2.18. The number of hydrogen-bond acceptors (Lipinski definition) is 3. The molecule has 1 heterocycles. The summed E-state index contributed by atoms with van der Waals surface area (Å²) in [6, 6.07) is 3.39. The second-order valence-corrected chi connectivity index (χ2v) is 4.25. The summed E-state index contributed by atoms with van der Waals surface area (Å²) < 4.78 is 112. The van der Waals surface area contributed by atoms with Crippen LogP contribution in [0.1, 0.15) is 61.2 Å². The first-order chi connectivity index (χ1) is 14.7. The molecule has 1 aliphatic carbocycles. The van der Waals surface area contributed by atoms with Gasteiger partial charge in [0.15, 0.2) is 11.5 Å². The first kappa shape index (κ1) is 4.93. The van der Waals surface area contributed by atoms with Crippen molar-refractivity contribution in [2.45, 2.75) is 43.9 Å². The number of methoxy groups -OCH3 is 1. The molecule has 0 radical (unpaired) electrons. The maximum atomic E-state index is 11.8. The molecule has 0 spiro atoms. The van der Waals surface area contributed by atoms with Crippen LogP contribution in [0.4, 0.5) is 0 Å². The minimum atomic E-state index is -3.32. The third-order valence-corrected chi connectivity index (χ3v) is 2.97. The van der Waals surface area contributed by atoms with E-state index >= 15 is 0 Å². The fourth-order valence-corrected chi connectivity index (χ4v) is 2.00. The van der Waals surface area contributed by atoms with Crippen LogP contribution in [0.2, 0.25) is 0 Å². The molecule has 4 heteroatoms. The van der Waals surface area contributed by atoms with Crippen LogP contribution < -0.4 is 14.8 Å². The summed E-state index contributed by atoms with van der Waals surface area (Å²) in [5.74, 6) is -2.99. The molecule has 2 aliphatic rings. The highest BCUT2D eigenvalue weighted by Crippen LogP contribution is 2.35. The second kappa shape index (κ2) is 5.73. The molecule has 1 N–H and O–H groups in total. The van der Waals surface area contributed by atoms with Crippen LogP contribution in [-0.2, 0) is 4.79 Å². The SMILES string of the molecule is [2H]C([2H])([2H])Oc1ccc(C2CNC(=O)C2([2H])[2H])cc1OC1C([2H])([2H])C([2H])([2H])C([2H])([2H])C1([2H])[2H]. The molecule has 1 saturated carbocycles. The van der Waals surface area contributed by atoms with Crippen LogP contribution in [0.3, 0.4) is 0 Å². The molecular weight excluding hydrogens is 254 g/mol. The van der Waals surface area contributed by atoms with E-state index in [1.165, 1.54) is 6.07 Å². The molecule has 1 atom stereocenters. The smallest absolute Gasteiger partial charge is 0.220 e. The lowest BCUT2D eigenvalue weighted by atomic mass is 9.98. The van der Waals surface area contributed by atoms with E-state index in [9.17, 15) is 4.79 Å². The molecule has 1 aromatic rings. The van der Waals surface area contributed by atoms with E-state index in [-0.39, 0.29) is 12.1 Å². The standard InChI is InChI=1S/C16H21NO3/c1-19-14-7-6-11(12-9-16(18)17-10-12)8-15(14)20-13-4-2-3-5-13/h6-8,12-13H,2-5,9-10H2,1H3,(H,17,18)/i1D3,2D2,3D2,4D2,5D2,9D2. The maximum Gasteiger partial charge on any atom is 0.220 e. The molecule has 20 heavy (non-hydrogen) atoms. The quantitative estimate of drug-likeness (QED) is 0.926. The van der Waals surface area contributed by atoms with E-state index < -0.39 is 68.3 Å². The molecule has 1 amide bonds. The predicted octanol–water partition coefficient (Wildman–Crippen LogP) is 2.62. The molecule has 3 rings (SSSR count). The van der Waals surface area contributed by atoms with Gasteiger partial charge in [0.1, 0.15) is 0 Å². The Hall–Kier alpha value is -1.71. The van der Waals surface area contributed by atoms with Crippen molar-refractivity contribution in [1.82, 2.24) is 5.32 Å². The number of nitrogens with one attached hydrogen (secondary N) is 1. The Morgan fingerprint density at radius 1 is 1.35 bits per heavy atom. The van der Waals surface area contributed by atoms with Crippen molar-refractivity contribution in [3.63, 3.8) is 0 Å². The minimum absolute atomic E-state index is 0.110. The summed E-state index contributed by atoms with van der Waals surface area (Å²) in [7, 11) is -3.00. The number of carbonyl (C=O) groups excluding carboxylic acids is 1. The van der Waals surface area contributed by atoms with E-state index in [1.54, 1.807) is 0 Å². The van der Waals surface area contributed by atoms with Crippen LogP contribution in [-0.4, -0.2) is 25.6 Å². The number of benzene rings is 1. The van der Waals surface area contributed by atoms with Gasteiger partial charge in [0.05, 0.1) is 17.3 Å². The van der Waals surface area contributed by atoms with Gasteiger partial charge in [0, 0.05) is 32.5 Å². The van der Waals surface area contributed by atoms with Crippen molar-refractivity contribution in [3.05, 3.63) is 23.8 Å². The molecule has 2 fully saturated rings. The van der Waals surface area contributed by atoms with E-state index in [1.807, 2.05) is 0 Å². The number of hydrogen-bond donors (Lipinski definition) is 1. The lowest BCUT2D eigenvalue weighted by molar-refractivity contribution is -0.119. The van der Waals surface area contributed by atoms with Crippen molar-refractivity contribution in [2.24, 2.45) is 0 Å². The van der Waals surface area contributed by atoms with E-state index in [4.69, 9.17) is 27.3 Å². The molecule has 1 unspecified atom stereocenters. The van der Waals surface area contributed by atoms with E-state index in [2.05, 4.69) is 5.32 Å². The lowest BCUT2D eigenvalue weighted by Crippen LogP contribution is -2.14. The van der Waals surface area contributed by atoms with Crippen molar-refractivity contribution in [2.75, 3.05) is 13.6 Å². The summed E-state index contributed by atoms with van der Waals surface area (Å²) in [6.07, 6.45) is -17.8. The number of rotatable bonds is 4. The first-order valence-electron chi connectivity index (χ1n) is 12.5. The zero-order valence-electron chi connectivity index (χ0n) is 23.3. The van der Waals surface area contributed by atoms with Crippen LogP contribution in [0.25, 0.3) is 0 Å². The fourth-order valence-electron chi connectivity index (χ4n) is 2.00. The van der Waals surface area contributed by atoms with Crippen molar-refractivity contribution < 1.29 is 32.1 Å². The van der Waals surface area contributed by atoms with Crippen LogP contribution in [0.5, 0.6) is 11.5 Å². The van der Waals surface area contributed by atoms with Gasteiger partial charge in [-0.25, -0.2) is 0 Å². The average molecular weight is 288 g/mol. The Morgan fingerprint density at radius 2 is 2.20 bits per heavy atom. The van der Waals surface area contributed by atoms with Gasteiger partial charge in [0.25, 0.3) is 0 Å². The highest BCUT2D eigenvalue weighted by atomic mass is 16.5. The third-order valence-electron chi connectivity index (χ3n) is 2.97. The summed E-state index contributed by atoms with van der Waals surface area (Å²) in [6.45, 7) is -0.110. The van der Waals surface area contributed by atoms with Crippen LogP contribution in [0, 0.1) is 0 Å². The zero-order valence-corrected chi connectivity index (χ0v) is 10.3. The van der Waals surface area contributed by atoms with Gasteiger partial charge in [-0.3, -0.25) is 4.79 Å².